The lowest BCUT2D eigenvalue weighted by atomic mass is 9.68. The fourth-order valence-corrected chi connectivity index (χ4v) is 3.86. The van der Waals surface area contributed by atoms with E-state index < -0.39 is 0 Å². The van der Waals surface area contributed by atoms with Crippen molar-refractivity contribution >= 4 is 5.69 Å². The van der Waals surface area contributed by atoms with Gasteiger partial charge in [-0.3, -0.25) is 0 Å². The van der Waals surface area contributed by atoms with Gasteiger partial charge in [0.15, 0.2) is 0 Å². The van der Waals surface area contributed by atoms with Gasteiger partial charge in [0, 0.05) is 13.1 Å². The van der Waals surface area contributed by atoms with E-state index in [0.29, 0.717) is 16.7 Å². The summed E-state index contributed by atoms with van der Waals surface area (Å²) in [4.78, 5) is 2.15. The molecule has 2 fully saturated rings. The number of anilines is 1. The Balaban J connectivity index is 1.70. The van der Waals surface area contributed by atoms with Crippen LogP contribution in [0.1, 0.15) is 50.5 Å². The number of benzene rings is 1. The van der Waals surface area contributed by atoms with Gasteiger partial charge < -0.3 is 4.90 Å². The van der Waals surface area contributed by atoms with Crippen LogP contribution in [0.5, 0.6) is 0 Å². The van der Waals surface area contributed by atoms with Gasteiger partial charge >= 0.3 is 0 Å². The largest absolute Gasteiger partial charge is 0.369 e. The number of hydrogen-bond donors (Lipinski definition) is 0. The second-order valence-electron chi connectivity index (χ2n) is 6.33. The molecule has 0 atom stereocenters. The lowest BCUT2D eigenvalue weighted by Gasteiger charge is -2.45. The number of nitriles is 1. The first-order valence-corrected chi connectivity index (χ1v) is 7.67. The maximum atomic E-state index is 14.1. The first-order chi connectivity index (χ1) is 9.72. The zero-order valence-electron chi connectivity index (χ0n) is 11.9. The third-order valence-corrected chi connectivity index (χ3v) is 5.16. The molecule has 1 aromatic rings. The smallest absolute Gasteiger partial charge is 0.147 e. The molecule has 1 spiro atoms. The molecular formula is C17H21FN2. The van der Waals surface area contributed by atoms with E-state index in [-0.39, 0.29) is 5.82 Å². The first kappa shape index (κ1) is 13.4. The van der Waals surface area contributed by atoms with Crippen molar-refractivity contribution in [2.45, 2.75) is 44.9 Å². The Morgan fingerprint density at radius 3 is 2.35 bits per heavy atom. The van der Waals surface area contributed by atoms with E-state index in [2.05, 4.69) is 4.90 Å². The fraction of sp³-hybridized carbons (Fsp3) is 0.588. The normalized spacial score (nSPS) is 21.7. The van der Waals surface area contributed by atoms with Gasteiger partial charge in [0.25, 0.3) is 0 Å². The fourth-order valence-electron chi connectivity index (χ4n) is 3.86. The molecular weight excluding hydrogens is 251 g/mol. The van der Waals surface area contributed by atoms with Crippen LogP contribution in [0.4, 0.5) is 10.1 Å². The standard InChI is InChI=1S/C17H21FN2/c18-15-12-14(13-19)4-5-16(15)20-10-8-17(9-11-20)6-2-1-3-7-17/h4-5,12H,1-3,6-11H2. The van der Waals surface area contributed by atoms with Crippen molar-refractivity contribution in [3.63, 3.8) is 0 Å². The summed E-state index contributed by atoms with van der Waals surface area (Å²) in [6.07, 6.45) is 9.21. The summed E-state index contributed by atoms with van der Waals surface area (Å²) in [5.41, 5.74) is 1.60. The molecule has 1 aliphatic carbocycles. The molecule has 0 bridgehead atoms. The van der Waals surface area contributed by atoms with E-state index >= 15 is 0 Å². The van der Waals surface area contributed by atoms with Gasteiger partial charge in [-0.15, -0.1) is 0 Å². The van der Waals surface area contributed by atoms with Crippen LogP contribution in [0.25, 0.3) is 0 Å². The van der Waals surface area contributed by atoms with Crippen LogP contribution >= 0.6 is 0 Å². The predicted molar refractivity (Wildman–Crippen MR) is 78.1 cm³/mol. The SMILES string of the molecule is N#Cc1ccc(N2CCC3(CCCCC3)CC2)c(F)c1. The first-order valence-electron chi connectivity index (χ1n) is 7.67. The number of halogens is 1. The second-order valence-corrected chi connectivity index (χ2v) is 6.33. The zero-order chi connectivity index (χ0) is 14.0. The summed E-state index contributed by atoms with van der Waals surface area (Å²) < 4.78 is 14.1. The lowest BCUT2D eigenvalue weighted by molar-refractivity contribution is 0.144. The molecule has 20 heavy (non-hydrogen) atoms. The van der Waals surface area contributed by atoms with E-state index in [0.717, 1.165) is 13.1 Å². The number of rotatable bonds is 1. The van der Waals surface area contributed by atoms with E-state index in [1.165, 1.54) is 51.0 Å². The highest BCUT2D eigenvalue weighted by Gasteiger charge is 2.35. The topological polar surface area (TPSA) is 27.0 Å². The summed E-state index contributed by atoms with van der Waals surface area (Å²) in [6.45, 7) is 1.89. The van der Waals surface area contributed by atoms with Crippen molar-refractivity contribution in [1.29, 1.82) is 5.26 Å². The molecule has 2 aliphatic rings. The van der Waals surface area contributed by atoms with Gasteiger partial charge in [-0.25, -0.2) is 4.39 Å². The average Bonchev–Trinajstić information content (AvgIpc) is 2.49. The van der Waals surface area contributed by atoms with Crippen LogP contribution in [-0.2, 0) is 0 Å². The van der Waals surface area contributed by atoms with Crippen LogP contribution in [0, 0.1) is 22.6 Å². The number of nitrogens with zero attached hydrogens (tertiary/aromatic N) is 2. The molecule has 0 amide bonds. The molecule has 1 saturated carbocycles. The van der Waals surface area contributed by atoms with Gasteiger partial charge in [0.1, 0.15) is 5.82 Å². The Morgan fingerprint density at radius 2 is 1.75 bits per heavy atom. The Morgan fingerprint density at radius 1 is 1.05 bits per heavy atom. The zero-order valence-corrected chi connectivity index (χ0v) is 11.9. The molecule has 1 aliphatic heterocycles. The van der Waals surface area contributed by atoms with Crippen LogP contribution in [-0.4, -0.2) is 13.1 Å². The molecule has 106 valence electrons. The maximum absolute atomic E-state index is 14.1. The van der Waals surface area contributed by atoms with E-state index in [1.807, 2.05) is 6.07 Å². The van der Waals surface area contributed by atoms with E-state index in [1.54, 1.807) is 12.1 Å². The molecule has 3 rings (SSSR count). The van der Waals surface area contributed by atoms with Crippen molar-refractivity contribution in [2.75, 3.05) is 18.0 Å². The van der Waals surface area contributed by atoms with Crippen molar-refractivity contribution in [3.05, 3.63) is 29.6 Å². The molecule has 1 heterocycles. The summed E-state index contributed by atoms with van der Waals surface area (Å²) in [5, 5.41) is 8.80. The molecule has 1 saturated heterocycles. The minimum atomic E-state index is -0.261. The highest BCUT2D eigenvalue weighted by atomic mass is 19.1. The number of hydrogen-bond acceptors (Lipinski definition) is 2. The van der Waals surface area contributed by atoms with Crippen molar-refractivity contribution < 1.29 is 4.39 Å². The predicted octanol–water partition coefficient (Wildman–Crippen LogP) is 4.25. The van der Waals surface area contributed by atoms with E-state index in [4.69, 9.17) is 5.26 Å². The third kappa shape index (κ3) is 2.52. The van der Waals surface area contributed by atoms with Crippen LogP contribution in [0.2, 0.25) is 0 Å². The third-order valence-electron chi connectivity index (χ3n) is 5.16. The van der Waals surface area contributed by atoms with Crippen molar-refractivity contribution in [3.8, 4) is 6.07 Å². The summed E-state index contributed by atoms with van der Waals surface area (Å²) in [7, 11) is 0. The number of piperidine rings is 1. The van der Waals surface area contributed by atoms with Crippen molar-refractivity contribution in [1.82, 2.24) is 0 Å². The maximum Gasteiger partial charge on any atom is 0.147 e. The molecule has 0 radical (unpaired) electrons. The van der Waals surface area contributed by atoms with Gasteiger partial charge in [-0.05, 0) is 49.3 Å². The molecule has 0 N–H and O–H groups in total. The van der Waals surface area contributed by atoms with Crippen molar-refractivity contribution in [2.24, 2.45) is 5.41 Å². The second kappa shape index (κ2) is 5.44. The Labute approximate surface area is 120 Å². The van der Waals surface area contributed by atoms with Crippen LogP contribution in [0.3, 0.4) is 0 Å². The average molecular weight is 272 g/mol. The highest BCUT2D eigenvalue weighted by molar-refractivity contribution is 5.51. The van der Waals surface area contributed by atoms with Gasteiger partial charge in [0.2, 0.25) is 0 Å². The summed E-state index contributed by atoms with van der Waals surface area (Å²) in [6, 6.07) is 6.80. The quantitative estimate of drug-likeness (QED) is 0.764. The molecule has 0 unspecified atom stereocenters. The minimum absolute atomic E-state index is 0.261. The van der Waals surface area contributed by atoms with Crippen LogP contribution < -0.4 is 4.90 Å². The molecule has 2 nitrogen and oxygen atoms in total. The van der Waals surface area contributed by atoms with Crippen LogP contribution in [0.15, 0.2) is 18.2 Å². The molecule has 1 aromatic carbocycles. The summed E-state index contributed by atoms with van der Waals surface area (Å²) >= 11 is 0. The monoisotopic (exact) mass is 272 g/mol. The highest BCUT2D eigenvalue weighted by Crippen LogP contribution is 2.45. The molecule has 0 aromatic heterocycles. The van der Waals surface area contributed by atoms with E-state index in [9.17, 15) is 4.39 Å². The Bertz CT molecular complexity index is 516. The Kier molecular flexibility index (Phi) is 3.65. The van der Waals surface area contributed by atoms with Gasteiger partial charge in [-0.2, -0.15) is 5.26 Å². The summed E-state index contributed by atoms with van der Waals surface area (Å²) in [5.74, 6) is -0.261. The lowest BCUT2D eigenvalue weighted by Crippen LogP contribution is -2.41. The van der Waals surface area contributed by atoms with Gasteiger partial charge in [0.05, 0.1) is 17.3 Å². The minimum Gasteiger partial charge on any atom is -0.369 e. The van der Waals surface area contributed by atoms with Gasteiger partial charge in [-0.1, -0.05) is 19.3 Å². The molecule has 3 heteroatoms. The Hall–Kier alpha value is -1.56.